The van der Waals surface area contributed by atoms with E-state index in [9.17, 15) is 4.79 Å². The smallest absolute Gasteiger partial charge is 0.237 e. The molecular weight excluding hydrogens is 293 g/mol. The first-order valence-electron chi connectivity index (χ1n) is 5.74. The molecule has 0 saturated carbocycles. The number of amides is 1. The van der Waals surface area contributed by atoms with Gasteiger partial charge < -0.3 is 10.6 Å². The average Bonchev–Trinajstić information content (AvgIpc) is 2.96. The lowest BCUT2D eigenvalue weighted by Crippen LogP contribution is -2.41. The minimum Gasteiger partial charge on any atom is -0.346 e. The number of hydrogen-bond donors (Lipinski definition) is 2. The maximum absolute atomic E-state index is 11.9. The molecule has 2 N–H and O–H groups in total. The van der Waals surface area contributed by atoms with Crippen LogP contribution in [0, 0.1) is 0 Å². The summed E-state index contributed by atoms with van der Waals surface area (Å²) in [6.45, 7) is 3.01. The minimum absolute atomic E-state index is 0. The molecule has 0 bridgehead atoms. The highest BCUT2D eigenvalue weighted by Gasteiger charge is 2.24. The third-order valence-electron chi connectivity index (χ3n) is 2.85. The van der Waals surface area contributed by atoms with E-state index in [4.69, 9.17) is 0 Å². The Labute approximate surface area is 124 Å². The topological polar surface area (TPSA) is 54.0 Å². The first-order valence-corrected chi connectivity index (χ1v) is 6.62. The van der Waals surface area contributed by atoms with Crippen LogP contribution in [0.2, 0.25) is 0 Å². The van der Waals surface area contributed by atoms with Gasteiger partial charge in [-0.25, -0.2) is 4.98 Å². The van der Waals surface area contributed by atoms with Gasteiger partial charge in [0.1, 0.15) is 5.01 Å². The monoisotopic (exact) mass is 311 g/mol. The first kappa shape index (κ1) is 17.6. The van der Waals surface area contributed by atoms with Crippen LogP contribution >= 0.6 is 36.2 Å². The van der Waals surface area contributed by atoms with Crippen molar-refractivity contribution in [2.75, 3.05) is 6.54 Å². The number of rotatable bonds is 4. The van der Waals surface area contributed by atoms with Gasteiger partial charge in [-0.15, -0.1) is 36.2 Å². The van der Waals surface area contributed by atoms with Crippen LogP contribution in [0.5, 0.6) is 0 Å². The van der Waals surface area contributed by atoms with Crippen molar-refractivity contribution in [1.82, 2.24) is 15.6 Å². The molecule has 7 heteroatoms. The average molecular weight is 312 g/mol. The Kier molecular flexibility index (Phi) is 8.52. The van der Waals surface area contributed by atoms with Gasteiger partial charge in [0.05, 0.1) is 12.1 Å². The SMILES string of the molecule is CCC(NC(=O)C1CCCN1)c1nccs1.Cl.Cl. The van der Waals surface area contributed by atoms with Crippen molar-refractivity contribution in [3.05, 3.63) is 16.6 Å². The van der Waals surface area contributed by atoms with Crippen molar-refractivity contribution in [2.45, 2.75) is 38.3 Å². The van der Waals surface area contributed by atoms with Crippen molar-refractivity contribution >= 4 is 42.1 Å². The summed E-state index contributed by atoms with van der Waals surface area (Å²) in [5.41, 5.74) is 0. The third kappa shape index (κ3) is 4.39. The number of aromatic nitrogens is 1. The molecule has 18 heavy (non-hydrogen) atoms. The van der Waals surface area contributed by atoms with E-state index in [1.54, 1.807) is 17.5 Å². The van der Waals surface area contributed by atoms with Crippen molar-refractivity contribution in [3.63, 3.8) is 0 Å². The van der Waals surface area contributed by atoms with E-state index in [1.165, 1.54) is 0 Å². The Bertz CT molecular complexity index is 342. The van der Waals surface area contributed by atoms with E-state index in [2.05, 4.69) is 22.5 Å². The fraction of sp³-hybridized carbons (Fsp3) is 0.636. The second-order valence-electron chi connectivity index (χ2n) is 3.99. The maximum Gasteiger partial charge on any atom is 0.237 e. The summed E-state index contributed by atoms with van der Waals surface area (Å²) >= 11 is 1.59. The van der Waals surface area contributed by atoms with Crippen LogP contribution in [-0.4, -0.2) is 23.5 Å². The zero-order chi connectivity index (χ0) is 11.4. The molecule has 104 valence electrons. The molecule has 1 fully saturated rings. The zero-order valence-electron chi connectivity index (χ0n) is 10.2. The van der Waals surface area contributed by atoms with E-state index >= 15 is 0 Å². The van der Waals surface area contributed by atoms with Crippen LogP contribution in [0.4, 0.5) is 0 Å². The summed E-state index contributed by atoms with van der Waals surface area (Å²) in [5, 5.41) is 9.20. The normalized spacial score (nSPS) is 19.5. The molecule has 1 saturated heterocycles. The third-order valence-corrected chi connectivity index (χ3v) is 3.74. The van der Waals surface area contributed by atoms with E-state index in [0.717, 1.165) is 30.8 Å². The van der Waals surface area contributed by atoms with Gasteiger partial charge in [0.25, 0.3) is 0 Å². The van der Waals surface area contributed by atoms with Crippen molar-refractivity contribution in [2.24, 2.45) is 0 Å². The molecule has 2 rings (SSSR count). The fourth-order valence-corrected chi connectivity index (χ4v) is 2.70. The summed E-state index contributed by atoms with van der Waals surface area (Å²) in [4.78, 5) is 16.2. The Morgan fingerprint density at radius 3 is 2.94 bits per heavy atom. The molecule has 0 radical (unpaired) electrons. The Balaban J connectivity index is 0.00000144. The Morgan fingerprint density at radius 1 is 1.67 bits per heavy atom. The van der Waals surface area contributed by atoms with Gasteiger partial charge in [0, 0.05) is 11.6 Å². The lowest BCUT2D eigenvalue weighted by molar-refractivity contribution is -0.123. The number of nitrogens with one attached hydrogen (secondary N) is 2. The fourth-order valence-electron chi connectivity index (χ4n) is 1.93. The maximum atomic E-state index is 11.9. The molecule has 2 unspecified atom stereocenters. The molecule has 4 nitrogen and oxygen atoms in total. The van der Waals surface area contributed by atoms with Crippen LogP contribution in [0.15, 0.2) is 11.6 Å². The molecule has 1 aromatic heterocycles. The molecule has 1 amide bonds. The van der Waals surface area contributed by atoms with Gasteiger partial charge in [0.2, 0.25) is 5.91 Å². The van der Waals surface area contributed by atoms with Crippen LogP contribution < -0.4 is 10.6 Å². The largest absolute Gasteiger partial charge is 0.346 e. The van der Waals surface area contributed by atoms with E-state index in [1.807, 2.05) is 5.38 Å². The molecule has 1 aliphatic heterocycles. The molecule has 0 spiro atoms. The number of hydrogen-bond acceptors (Lipinski definition) is 4. The summed E-state index contributed by atoms with van der Waals surface area (Å²) < 4.78 is 0. The Hall–Kier alpha value is -0.360. The molecule has 1 aromatic rings. The number of carbonyl (C=O) groups excluding carboxylic acids is 1. The van der Waals surface area contributed by atoms with E-state index in [-0.39, 0.29) is 42.8 Å². The number of thiazole rings is 1. The molecule has 2 atom stereocenters. The first-order chi connectivity index (χ1) is 7.81. The standard InChI is InChI=1S/C11H17N3OS.2ClH/c1-2-8(11-13-6-7-16-11)14-10(15)9-4-3-5-12-9;;/h6-9,12H,2-5H2,1H3,(H,14,15);2*1H. The highest BCUT2D eigenvalue weighted by molar-refractivity contribution is 7.09. The Morgan fingerprint density at radius 2 is 2.44 bits per heavy atom. The van der Waals surface area contributed by atoms with Crippen LogP contribution in [0.1, 0.15) is 37.2 Å². The second kappa shape index (κ2) is 8.69. The lowest BCUT2D eigenvalue weighted by Gasteiger charge is -2.17. The van der Waals surface area contributed by atoms with Crippen molar-refractivity contribution < 1.29 is 4.79 Å². The van der Waals surface area contributed by atoms with Crippen LogP contribution in [0.25, 0.3) is 0 Å². The number of halogens is 2. The van der Waals surface area contributed by atoms with Gasteiger partial charge in [-0.3, -0.25) is 4.79 Å². The molecular formula is C11H19Cl2N3OS. The van der Waals surface area contributed by atoms with Crippen LogP contribution in [0.3, 0.4) is 0 Å². The highest BCUT2D eigenvalue weighted by Crippen LogP contribution is 2.19. The lowest BCUT2D eigenvalue weighted by atomic mass is 10.2. The predicted molar refractivity (Wildman–Crippen MR) is 78.8 cm³/mol. The number of carbonyl (C=O) groups is 1. The molecule has 2 heterocycles. The zero-order valence-corrected chi connectivity index (χ0v) is 12.7. The van der Waals surface area contributed by atoms with Gasteiger partial charge in [-0.1, -0.05) is 6.92 Å². The van der Waals surface area contributed by atoms with Gasteiger partial charge in [0.15, 0.2) is 0 Å². The predicted octanol–water partition coefficient (Wildman–Crippen LogP) is 2.31. The van der Waals surface area contributed by atoms with E-state index in [0.29, 0.717) is 0 Å². The quantitative estimate of drug-likeness (QED) is 0.897. The summed E-state index contributed by atoms with van der Waals surface area (Å²) in [5.74, 6) is 0.111. The summed E-state index contributed by atoms with van der Waals surface area (Å²) in [6.07, 6.45) is 4.70. The van der Waals surface area contributed by atoms with Gasteiger partial charge in [-0.2, -0.15) is 0 Å². The van der Waals surface area contributed by atoms with E-state index < -0.39 is 0 Å². The summed E-state index contributed by atoms with van der Waals surface area (Å²) in [6, 6.07) is 0.0592. The molecule has 0 aromatic carbocycles. The second-order valence-corrected chi connectivity index (χ2v) is 4.91. The molecule has 1 aliphatic rings. The molecule has 0 aliphatic carbocycles. The minimum atomic E-state index is -0.00554. The van der Waals surface area contributed by atoms with Gasteiger partial charge >= 0.3 is 0 Å². The van der Waals surface area contributed by atoms with Crippen molar-refractivity contribution in [3.8, 4) is 0 Å². The van der Waals surface area contributed by atoms with Crippen molar-refractivity contribution in [1.29, 1.82) is 0 Å². The highest BCUT2D eigenvalue weighted by atomic mass is 35.5. The van der Waals surface area contributed by atoms with Gasteiger partial charge in [-0.05, 0) is 25.8 Å². The van der Waals surface area contributed by atoms with Crippen LogP contribution in [-0.2, 0) is 4.79 Å². The summed E-state index contributed by atoms with van der Waals surface area (Å²) in [7, 11) is 0. The number of nitrogens with zero attached hydrogens (tertiary/aromatic N) is 1.